The molecule has 7 rings (SSSR count). The molecule has 92 valence electrons. The monoisotopic (exact) mass is 228 g/mol. The van der Waals surface area contributed by atoms with Crippen LogP contribution >= 0.6 is 0 Å². The Balaban J connectivity index is 1.62. The third kappa shape index (κ3) is 1.03. The minimum absolute atomic E-state index is 0.966. The van der Waals surface area contributed by atoms with Gasteiger partial charge < -0.3 is 0 Å². The third-order valence-corrected chi connectivity index (χ3v) is 7.64. The minimum Gasteiger partial charge on any atom is -0.0851 e. The van der Waals surface area contributed by atoms with Gasteiger partial charge in [-0.05, 0) is 85.4 Å². The summed E-state index contributed by atoms with van der Waals surface area (Å²) in [5.74, 6) is 9.85. The van der Waals surface area contributed by atoms with Crippen LogP contribution in [-0.2, 0) is 0 Å². The molecule has 6 saturated carbocycles. The lowest BCUT2D eigenvalue weighted by Crippen LogP contribution is -2.46. The predicted molar refractivity (Wildman–Crippen MR) is 69.3 cm³/mol. The summed E-state index contributed by atoms with van der Waals surface area (Å²) in [5, 5.41) is 0. The molecule has 0 heteroatoms. The summed E-state index contributed by atoms with van der Waals surface area (Å²) in [5.41, 5.74) is 0. The first-order chi connectivity index (χ1) is 8.33. The Kier molecular flexibility index (Phi) is 1.70. The van der Waals surface area contributed by atoms with Gasteiger partial charge in [-0.2, -0.15) is 0 Å². The molecular formula is C17H24. The van der Waals surface area contributed by atoms with Gasteiger partial charge in [-0.3, -0.25) is 0 Å². The van der Waals surface area contributed by atoms with Crippen molar-refractivity contribution in [1.82, 2.24) is 0 Å². The molecule has 7 aliphatic rings. The number of allylic oxidation sites excluding steroid dienone is 2. The summed E-state index contributed by atoms with van der Waals surface area (Å²) in [7, 11) is 0. The van der Waals surface area contributed by atoms with Gasteiger partial charge in [-0.1, -0.05) is 19.1 Å². The Labute approximate surface area is 105 Å². The van der Waals surface area contributed by atoms with Crippen LogP contribution in [0.25, 0.3) is 0 Å². The average molecular weight is 228 g/mol. The van der Waals surface area contributed by atoms with Crippen LogP contribution < -0.4 is 0 Å². The normalized spacial score (nSPS) is 66.3. The van der Waals surface area contributed by atoms with E-state index in [1.165, 1.54) is 12.8 Å². The summed E-state index contributed by atoms with van der Waals surface area (Å²) in [4.78, 5) is 0. The lowest BCUT2D eigenvalue weighted by Gasteiger charge is -2.52. The van der Waals surface area contributed by atoms with Gasteiger partial charge in [0.05, 0.1) is 0 Å². The summed E-state index contributed by atoms with van der Waals surface area (Å²) in [6.45, 7) is 2.60. The standard InChI is InChI=1S/C17H24/c1-9-13-7-16-12-5-3-10-2-4-11(6-10)14(17(9)16)8-15(12)13/h2,4,9-17H,3,5-8H2,1H3. The third-order valence-electron chi connectivity index (χ3n) is 7.64. The second kappa shape index (κ2) is 3.00. The zero-order valence-corrected chi connectivity index (χ0v) is 10.9. The topological polar surface area (TPSA) is 0 Å². The highest BCUT2D eigenvalue weighted by molar-refractivity contribution is 5.16. The molecule has 0 N–H and O–H groups in total. The molecule has 0 heterocycles. The first kappa shape index (κ1) is 9.64. The maximum Gasteiger partial charge on any atom is -0.0196 e. The molecule has 0 nitrogen and oxygen atoms in total. The summed E-state index contributed by atoms with van der Waals surface area (Å²) in [6.07, 6.45) is 13.1. The highest BCUT2D eigenvalue weighted by atomic mass is 14.7. The molecular weight excluding hydrogens is 204 g/mol. The van der Waals surface area contributed by atoms with Gasteiger partial charge in [0.15, 0.2) is 0 Å². The van der Waals surface area contributed by atoms with Gasteiger partial charge in [-0.15, -0.1) is 0 Å². The Morgan fingerprint density at radius 2 is 1.65 bits per heavy atom. The van der Waals surface area contributed by atoms with Crippen molar-refractivity contribution in [3.05, 3.63) is 12.2 Å². The molecule has 0 spiro atoms. The van der Waals surface area contributed by atoms with E-state index in [-0.39, 0.29) is 0 Å². The van der Waals surface area contributed by atoms with Gasteiger partial charge >= 0.3 is 0 Å². The van der Waals surface area contributed by atoms with Crippen molar-refractivity contribution in [2.45, 2.75) is 39.0 Å². The second-order valence-corrected chi connectivity index (χ2v) is 7.85. The molecule has 8 bridgehead atoms. The van der Waals surface area contributed by atoms with Crippen LogP contribution in [-0.4, -0.2) is 0 Å². The van der Waals surface area contributed by atoms with Crippen molar-refractivity contribution in [1.29, 1.82) is 0 Å². The number of hydrogen-bond acceptors (Lipinski definition) is 0. The summed E-state index contributed by atoms with van der Waals surface area (Å²) < 4.78 is 0. The zero-order valence-electron chi connectivity index (χ0n) is 10.9. The van der Waals surface area contributed by atoms with Crippen LogP contribution in [0.2, 0.25) is 0 Å². The van der Waals surface area contributed by atoms with Crippen molar-refractivity contribution in [3.63, 3.8) is 0 Å². The molecule has 0 aromatic heterocycles. The van der Waals surface area contributed by atoms with E-state index in [1.54, 1.807) is 19.3 Å². The van der Waals surface area contributed by atoms with Gasteiger partial charge in [0, 0.05) is 0 Å². The van der Waals surface area contributed by atoms with E-state index in [2.05, 4.69) is 19.1 Å². The molecule has 17 heavy (non-hydrogen) atoms. The van der Waals surface area contributed by atoms with Crippen LogP contribution in [0.4, 0.5) is 0 Å². The van der Waals surface area contributed by atoms with E-state index in [1.807, 2.05) is 0 Å². The van der Waals surface area contributed by atoms with Crippen LogP contribution in [0, 0.1) is 53.3 Å². The molecule has 0 aliphatic heterocycles. The molecule has 0 aromatic carbocycles. The van der Waals surface area contributed by atoms with E-state index in [0.29, 0.717) is 0 Å². The Morgan fingerprint density at radius 3 is 2.53 bits per heavy atom. The van der Waals surface area contributed by atoms with Crippen molar-refractivity contribution in [2.75, 3.05) is 0 Å². The molecule has 0 radical (unpaired) electrons. The highest BCUT2D eigenvalue weighted by Gasteiger charge is 2.63. The highest BCUT2D eigenvalue weighted by Crippen LogP contribution is 2.70. The van der Waals surface area contributed by atoms with E-state index < -0.39 is 0 Å². The molecule has 7 aliphatic carbocycles. The quantitative estimate of drug-likeness (QED) is 0.547. The molecule has 0 aromatic rings. The van der Waals surface area contributed by atoms with Crippen molar-refractivity contribution in [3.8, 4) is 0 Å². The Morgan fingerprint density at radius 1 is 0.765 bits per heavy atom. The van der Waals surface area contributed by atoms with Crippen LogP contribution in [0.1, 0.15) is 39.0 Å². The first-order valence-electron chi connectivity index (χ1n) is 8.01. The SMILES string of the molecule is CC1C2CC3C4CCC5C=CC(C5)C(CC24)C13. The Hall–Kier alpha value is -0.260. The largest absolute Gasteiger partial charge is 0.0851 e. The van der Waals surface area contributed by atoms with Gasteiger partial charge in [0.1, 0.15) is 0 Å². The lowest BCUT2D eigenvalue weighted by molar-refractivity contribution is -0.0307. The fraction of sp³-hybridized carbons (Fsp3) is 0.882. The molecule has 9 unspecified atom stereocenters. The van der Waals surface area contributed by atoms with E-state index in [0.717, 1.165) is 53.3 Å². The Bertz CT molecular complexity index is 379. The van der Waals surface area contributed by atoms with Gasteiger partial charge in [0.2, 0.25) is 0 Å². The zero-order chi connectivity index (χ0) is 11.1. The average Bonchev–Trinajstić information content (AvgIpc) is 2.97. The molecule has 6 fully saturated rings. The smallest absolute Gasteiger partial charge is 0.0196 e. The fourth-order valence-electron chi connectivity index (χ4n) is 7.18. The van der Waals surface area contributed by atoms with E-state index >= 15 is 0 Å². The van der Waals surface area contributed by atoms with Gasteiger partial charge in [-0.25, -0.2) is 0 Å². The predicted octanol–water partition coefficient (Wildman–Crippen LogP) is 4.13. The first-order valence-corrected chi connectivity index (χ1v) is 8.01. The van der Waals surface area contributed by atoms with Crippen LogP contribution in [0.15, 0.2) is 12.2 Å². The maximum absolute atomic E-state index is 2.63. The van der Waals surface area contributed by atoms with Crippen molar-refractivity contribution < 1.29 is 0 Å². The van der Waals surface area contributed by atoms with E-state index in [9.17, 15) is 0 Å². The summed E-state index contributed by atoms with van der Waals surface area (Å²) in [6, 6.07) is 0. The van der Waals surface area contributed by atoms with Crippen molar-refractivity contribution >= 4 is 0 Å². The number of fused-ring (bicyclic) bond motifs is 1. The van der Waals surface area contributed by atoms with Crippen molar-refractivity contribution in [2.24, 2.45) is 53.3 Å². The fourth-order valence-corrected chi connectivity index (χ4v) is 7.18. The summed E-state index contributed by atoms with van der Waals surface area (Å²) >= 11 is 0. The van der Waals surface area contributed by atoms with Crippen LogP contribution in [0.5, 0.6) is 0 Å². The second-order valence-electron chi connectivity index (χ2n) is 7.85. The van der Waals surface area contributed by atoms with Crippen LogP contribution in [0.3, 0.4) is 0 Å². The number of rotatable bonds is 0. The van der Waals surface area contributed by atoms with E-state index in [4.69, 9.17) is 0 Å². The number of hydrogen-bond donors (Lipinski definition) is 0. The minimum atomic E-state index is 0.966. The lowest BCUT2D eigenvalue weighted by atomic mass is 9.53. The molecule has 0 saturated heterocycles. The molecule has 9 atom stereocenters. The molecule has 0 amide bonds. The maximum atomic E-state index is 2.63. The van der Waals surface area contributed by atoms with Gasteiger partial charge in [0.25, 0.3) is 0 Å².